The second kappa shape index (κ2) is 12.6. The number of rotatable bonds is 11. The van der Waals surface area contributed by atoms with Gasteiger partial charge in [0.2, 0.25) is 0 Å². The Morgan fingerprint density at radius 2 is 1.82 bits per heavy atom. The topological polar surface area (TPSA) is 106 Å². The molecule has 0 heterocycles. The van der Waals surface area contributed by atoms with Crippen molar-refractivity contribution in [1.82, 2.24) is 5.32 Å². The molecule has 1 saturated carbocycles. The average Bonchev–Trinajstić information content (AvgIpc) is 2.63. The second-order valence-corrected chi connectivity index (χ2v) is 8.46. The van der Waals surface area contributed by atoms with Crippen molar-refractivity contribution in [3.8, 4) is 0 Å². The number of carbonyl (C=O) groups excluding carboxylic acids is 1. The number of aliphatic hydroxyl groups is 2. The number of alkyl carbamates (subject to hydrolysis) is 1. The Morgan fingerprint density at radius 3 is 2.36 bits per heavy atom. The van der Waals surface area contributed by atoms with Crippen LogP contribution in [0.1, 0.15) is 66.2 Å². The first kappa shape index (κ1) is 25.1. The van der Waals surface area contributed by atoms with Crippen LogP contribution in [0.5, 0.6) is 0 Å². The van der Waals surface area contributed by atoms with E-state index in [-0.39, 0.29) is 6.79 Å². The zero-order valence-electron chi connectivity index (χ0n) is 18.0. The van der Waals surface area contributed by atoms with Gasteiger partial charge in [-0.25, -0.2) is 4.79 Å². The van der Waals surface area contributed by atoms with Crippen molar-refractivity contribution in [2.24, 2.45) is 5.92 Å². The first-order chi connectivity index (χ1) is 13.2. The van der Waals surface area contributed by atoms with Gasteiger partial charge in [0.15, 0.2) is 6.29 Å². The van der Waals surface area contributed by atoms with Gasteiger partial charge in [-0.1, -0.05) is 32.1 Å². The van der Waals surface area contributed by atoms with Gasteiger partial charge in [-0.05, 0) is 40.0 Å². The largest absolute Gasteiger partial charge is 0.444 e. The maximum Gasteiger partial charge on any atom is 0.407 e. The molecule has 8 heteroatoms. The van der Waals surface area contributed by atoms with Gasteiger partial charge >= 0.3 is 6.09 Å². The number of nitrogens with one attached hydrogen (secondary N) is 1. The van der Waals surface area contributed by atoms with Crippen LogP contribution in [0, 0.1) is 5.92 Å². The molecule has 1 amide bonds. The molecular weight excluding hydrogens is 366 g/mol. The van der Waals surface area contributed by atoms with Gasteiger partial charge < -0.3 is 34.5 Å². The Balaban J connectivity index is 2.85. The molecule has 1 fully saturated rings. The molecule has 1 rings (SSSR count). The Kier molecular flexibility index (Phi) is 11.3. The number of hydrogen-bond acceptors (Lipinski definition) is 7. The monoisotopic (exact) mass is 405 g/mol. The summed E-state index contributed by atoms with van der Waals surface area (Å²) in [6.07, 6.45) is 3.30. The Labute approximate surface area is 168 Å². The van der Waals surface area contributed by atoms with E-state index in [2.05, 4.69) is 5.32 Å². The molecule has 0 spiro atoms. The summed E-state index contributed by atoms with van der Waals surface area (Å²) in [6, 6.07) is -0.512. The molecule has 0 bridgehead atoms. The first-order valence-corrected chi connectivity index (χ1v) is 10.2. The Bertz CT molecular complexity index is 435. The number of methoxy groups -OCH3 is 1. The van der Waals surface area contributed by atoms with Crippen LogP contribution in [-0.2, 0) is 18.9 Å². The van der Waals surface area contributed by atoms with Crippen molar-refractivity contribution in [2.45, 2.75) is 96.4 Å². The number of ether oxygens (including phenoxy) is 4. The fourth-order valence-corrected chi connectivity index (χ4v) is 3.40. The summed E-state index contributed by atoms with van der Waals surface area (Å²) in [5, 5.41) is 22.7. The fraction of sp³-hybridized carbons (Fsp3) is 0.950. The smallest absolute Gasteiger partial charge is 0.407 e. The molecule has 1 aliphatic rings. The second-order valence-electron chi connectivity index (χ2n) is 8.46. The van der Waals surface area contributed by atoms with Crippen molar-refractivity contribution in [3.05, 3.63) is 0 Å². The van der Waals surface area contributed by atoms with Crippen molar-refractivity contribution in [2.75, 3.05) is 20.5 Å². The maximum atomic E-state index is 12.4. The average molecular weight is 406 g/mol. The van der Waals surface area contributed by atoms with E-state index in [1.54, 1.807) is 27.7 Å². The summed E-state index contributed by atoms with van der Waals surface area (Å²) >= 11 is 0. The van der Waals surface area contributed by atoms with Gasteiger partial charge in [-0.3, -0.25) is 0 Å². The van der Waals surface area contributed by atoms with Gasteiger partial charge in [0.25, 0.3) is 0 Å². The van der Waals surface area contributed by atoms with Crippen LogP contribution in [0.4, 0.5) is 4.79 Å². The molecular formula is C20H39NO7. The normalized spacial score (nSPS) is 20.2. The van der Waals surface area contributed by atoms with E-state index in [9.17, 15) is 15.0 Å². The number of hydrogen-bond donors (Lipinski definition) is 3. The number of aliphatic hydroxyl groups excluding tert-OH is 2. The highest BCUT2D eigenvalue weighted by Crippen LogP contribution is 2.29. The van der Waals surface area contributed by atoms with Crippen LogP contribution < -0.4 is 5.32 Å². The highest BCUT2D eigenvalue weighted by molar-refractivity contribution is 5.68. The van der Waals surface area contributed by atoms with Gasteiger partial charge in [-0.15, -0.1) is 0 Å². The molecule has 28 heavy (non-hydrogen) atoms. The summed E-state index contributed by atoms with van der Waals surface area (Å²) in [5.74, 6) is 0.421. The number of carbonyl (C=O) groups is 1. The van der Waals surface area contributed by atoms with Crippen LogP contribution in [0.25, 0.3) is 0 Å². The zero-order valence-corrected chi connectivity index (χ0v) is 18.0. The van der Waals surface area contributed by atoms with Gasteiger partial charge in [0.05, 0.1) is 12.6 Å². The van der Waals surface area contributed by atoms with Crippen LogP contribution in [0.3, 0.4) is 0 Å². The van der Waals surface area contributed by atoms with Gasteiger partial charge in [0, 0.05) is 7.11 Å². The van der Waals surface area contributed by atoms with Crippen LogP contribution in [0.2, 0.25) is 0 Å². The first-order valence-electron chi connectivity index (χ1n) is 10.2. The summed E-state index contributed by atoms with van der Waals surface area (Å²) in [6.45, 7) is 6.48. The summed E-state index contributed by atoms with van der Waals surface area (Å²) in [5.41, 5.74) is -0.636. The minimum absolute atomic E-state index is 0.131. The zero-order chi connectivity index (χ0) is 21.2. The molecule has 0 aromatic carbocycles. The van der Waals surface area contributed by atoms with Gasteiger partial charge in [0.1, 0.15) is 24.6 Å². The van der Waals surface area contributed by atoms with Crippen molar-refractivity contribution >= 4 is 6.09 Å². The fourth-order valence-electron chi connectivity index (χ4n) is 3.40. The summed E-state index contributed by atoms with van der Waals surface area (Å²) in [4.78, 5) is 12.4. The van der Waals surface area contributed by atoms with Gasteiger partial charge in [-0.2, -0.15) is 0 Å². The predicted molar refractivity (Wildman–Crippen MR) is 105 cm³/mol. The number of amides is 1. The van der Waals surface area contributed by atoms with E-state index in [0.29, 0.717) is 12.3 Å². The molecule has 2 unspecified atom stereocenters. The standard InChI is InChI=1S/C20H39NO7/c1-14(25-5)26-13-27-18(17(23)12-22)16(11-15-9-7-6-8-10-15)21-19(24)28-20(2,3)4/h14-18,22-23H,6-13H2,1-5H3,(H,21,24)/t14?,16-,17?,18+/m0/s1. The molecule has 8 nitrogen and oxygen atoms in total. The molecule has 0 saturated heterocycles. The Hall–Kier alpha value is -0.930. The van der Waals surface area contributed by atoms with Crippen molar-refractivity contribution < 1.29 is 34.0 Å². The third kappa shape index (κ3) is 10.0. The molecule has 4 atom stereocenters. The lowest BCUT2D eigenvalue weighted by Gasteiger charge is -2.34. The maximum absolute atomic E-state index is 12.4. The van der Waals surface area contributed by atoms with Crippen LogP contribution >= 0.6 is 0 Å². The van der Waals surface area contributed by atoms with Crippen LogP contribution in [0.15, 0.2) is 0 Å². The SMILES string of the molecule is COC(C)OCO[C@@H](C(O)CO)[C@H](CC1CCCCC1)NC(=O)OC(C)(C)C. The van der Waals surface area contributed by atoms with E-state index >= 15 is 0 Å². The third-order valence-corrected chi connectivity index (χ3v) is 4.87. The highest BCUT2D eigenvalue weighted by atomic mass is 16.7. The minimum Gasteiger partial charge on any atom is -0.444 e. The summed E-state index contributed by atoms with van der Waals surface area (Å²) < 4.78 is 21.5. The van der Waals surface area contributed by atoms with Crippen molar-refractivity contribution in [3.63, 3.8) is 0 Å². The molecule has 0 aromatic heterocycles. The van der Waals surface area contributed by atoms with E-state index in [0.717, 1.165) is 25.7 Å². The predicted octanol–water partition coefficient (Wildman–Crippen LogP) is 2.55. The molecule has 0 aliphatic heterocycles. The quantitative estimate of drug-likeness (QED) is 0.454. The lowest BCUT2D eigenvalue weighted by molar-refractivity contribution is -0.206. The Morgan fingerprint density at radius 1 is 1.18 bits per heavy atom. The molecule has 0 radical (unpaired) electrons. The van der Waals surface area contributed by atoms with Crippen LogP contribution in [-0.4, -0.2) is 67.0 Å². The van der Waals surface area contributed by atoms with Crippen molar-refractivity contribution in [1.29, 1.82) is 0 Å². The molecule has 3 N–H and O–H groups in total. The molecule has 0 aromatic rings. The highest BCUT2D eigenvalue weighted by Gasteiger charge is 2.34. The lowest BCUT2D eigenvalue weighted by Crippen LogP contribution is -2.53. The van der Waals surface area contributed by atoms with E-state index in [4.69, 9.17) is 18.9 Å². The van der Waals surface area contributed by atoms with E-state index in [1.165, 1.54) is 13.5 Å². The minimum atomic E-state index is -1.16. The lowest BCUT2D eigenvalue weighted by atomic mass is 9.83. The third-order valence-electron chi connectivity index (χ3n) is 4.87. The van der Waals surface area contributed by atoms with E-state index in [1.807, 2.05) is 0 Å². The molecule has 166 valence electrons. The molecule has 1 aliphatic carbocycles. The van der Waals surface area contributed by atoms with E-state index < -0.39 is 42.8 Å². The summed E-state index contributed by atoms with van der Waals surface area (Å²) in [7, 11) is 1.51.